The molecule has 3 nitrogen and oxygen atoms in total. The normalized spacial score (nSPS) is 10.2. The number of halogens is 1. The van der Waals surface area contributed by atoms with Gasteiger partial charge in [-0.3, -0.25) is 0 Å². The first kappa shape index (κ1) is 15.5. The lowest BCUT2D eigenvalue weighted by Crippen LogP contribution is -2.02. The molecule has 2 aromatic carbocycles. The molecule has 0 amide bonds. The van der Waals surface area contributed by atoms with Crippen LogP contribution in [-0.2, 0) is 6.54 Å². The van der Waals surface area contributed by atoms with E-state index in [2.05, 4.69) is 12.2 Å². The Kier molecular flexibility index (Phi) is 5.76. The van der Waals surface area contributed by atoms with Crippen molar-refractivity contribution in [1.29, 1.82) is 0 Å². The van der Waals surface area contributed by atoms with E-state index in [0.717, 1.165) is 29.2 Å². The Hall–Kier alpha value is -1.87. The zero-order valence-corrected chi connectivity index (χ0v) is 13.1. The van der Waals surface area contributed by atoms with E-state index in [0.29, 0.717) is 18.2 Å². The molecule has 2 aromatic rings. The van der Waals surface area contributed by atoms with Crippen LogP contribution in [0, 0.1) is 0 Å². The Labute approximate surface area is 130 Å². The molecule has 1 N–H and O–H groups in total. The van der Waals surface area contributed by atoms with Crippen molar-refractivity contribution in [1.82, 2.24) is 0 Å². The van der Waals surface area contributed by atoms with Gasteiger partial charge in [0.15, 0.2) is 11.5 Å². The second kappa shape index (κ2) is 7.79. The zero-order chi connectivity index (χ0) is 15.1. The molecular weight excluding hydrogens is 286 g/mol. The third-order valence-electron chi connectivity index (χ3n) is 3.05. The number of methoxy groups -OCH3 is 1. The molecule has 0 bridgehead atoms. The molecule has 4 heteroatoms. The van der Waals surface area contributed by atoms with Crippen LogP contribution in [-0.4, -0.2) is 13.7 Å². The standard InChI is InChI=1S/C17H20ClNO2/c1-3-10-21-16-9-8-13(11-17(16)20-2)12-19-15-7-5-4-6-14(15)18/h4-9,11,19H,3,10,12H2,1-2H3. The summed E-state index contributed by atoms with van der Waals surface area (Å²) < 4.78 is 11.0. The summed E-state index contributed by atoms with van der Waals surface area (Å²) in [7, 11) is 1.65. The fraction of sp³-hybridized carbons (Fsp3) is 0.294. The number of hydrogen-bond donors (Lipinski definition) is 1. The second-order valence-corrected chi connectivity index (χ2v) is 5.07. The number of anilines is 1. The van der Waals surface area contributed by atoms with Crippen LogP contribution >= 0.6 is 11.6 Å². The van der Waals surface area contributed by atoms with Crippen molar-refractivity contribution in [2.75, 3.05) is 19.0 Å². The topological polar surface area (TPSA) is 30.5 Å². The fourth-order valence-corrected chi connectivity index (χ4v) is 2.16. The molecule has 0 spiro atoms. The SMILES string of the molecule is CCCOc1ccc(CNc2ccccc2Cl)cc1OC. The quantitative estimate of drug-likeness (QED) is 0.800. The highest BCUT2D eigenvalue weighted by Crippen LogP contribution is 2.29. The molecule has 0 atom stereocenters. The van der Waals surface area contributed by atoms with Gasteiger partial charge >= 0.3 is 0 Å². The van der Waals surface area contributed by atoms with Gasteiger partial charge in [0.2, 0.25) is 0 Å². The van der Waals surface area contributed by atoms with E-state index >= 15 is 0 Å². The molecular formula is C17H20ClNO2. The monoisotopic (exact) mass is 305 g/mol. The van der Waals surface area contributed by atoms with Crippen molar-refractivity contribution < 1.29 is 9.47 Å². The predicted octanol–water partition coefficient (Wildman–Crippen LogP) is 4.75. The molecule has 0 unspecified atom stereocenters. The maximum absolute atomic E-state index is 6.12. The smallest absolute Gasteiger partial charge is 0.161 e. The minimum Gasteiger partial charge on any atom is -0.493 e. The Balaban J connectivity index is 2.05. The molecule has 0 fully saturated rings. The van der Waals surface area contributed by atoms with E-state index < -0.39 is 0 Å². The molecule has 2 rings (SSSR count). The largest absolute Gasteiger partial charge is 0.493 e. The van der Waals surface area contributed by atoms with E-state index in [9.17, 15) is 0 Å². The molecule has 0 aromatic heterocycles. The Morgan fingerprint density at radius 2 is 1.90 bits per heavy atom. The molecule has 0 radical (unpaired) electrons. The molecule has 112 valence electrons. The molecule has 0 aliphatic carbocycles. The summed E-state index contributed by atoms with van der Waals surface area (Å²) >= 11 is 6.12. The van der Waals surface area contributed by atoms with Gasteiger partial charge in [0, 0.05) is 6.54 Å². The first-order chi connectivity index (χ1) is 10.2. The van der Waals surface area contributed by atoms with Gasteiger partial charge in [-0.25, -0.2) is 0 Å². The van der Waals surface area contributed by atoms with Crippen LogP contribution in [0.25, 0.3) is 0 Å². The summed E-state index contributed by atoms with van der Waals surface area (Å²) in [4.78, 5) is 0. The number of hydrogen-bond acceptors (Lipinski definition) is 3. The van der Waals surface area contributed by atoms with Crippen LogP contribution in [0.2, 0.25) is 5.02 Å². The number of nitrogens with one attached hydrogen (secondary N) is 1. The van der Waals surface area contributed by atoms with Gasteiger partial charge in [0.1, 0.15) is 0 Å². The Morgan fingerprint density at radius 3 is 2.62 bits per heavy atom. The van der Waals surface area contributed by atoms with Crippen molar-refractivity contribution in [3.05, 3.63) is 53.1 Å². The predicted molar refractivity (Wildman–Crippen MR) is 87.6 cm³/mol. The van der Waals surface area contributed by atoms with Crippen molar-refractivity contribution in [3.8, 4) is 11.5 Å². The van der Waals surface area contributed by atoms with Crippen molar-refractivity contribution >= 4 is 17.3 Å². The van der Waals surface area contributed by atoms with Gasteiger partial charge < -0.3 is 14.8 Å². The lowest BCUT2D eigenvalue weighted by Gasteiger charge is -2.13. The van der Waals surface area contributed by atoms with E-state index in [-0.39, 0.29) is 0 Å². The summed E-state index contributed by atoms with van der Waals surface area (Å²) in [5.41, 5.74) is 2.03. The lowest BCUT2D eigenvalue weighted by atomic mass is 10.2. The fourth-order valence-electron chi connectivity index (χ4n) is 1.96. The highest BCUT2D eigenvalue weighted by Gasteiger charge is 2.06. The highest BCUT2D eigenvalue weighted by atomic mass is 35.5. The lowest BCUT2D eigenvalue weighted by molar-refractivity contribution is 0.294. The summed E-state index contributed by atoms with van der Waals surface area (Å²) in [5, 5.41) is 4.03. The second-order valence-electron chi connectivity index (χ2n) is 4.67. The van der Waals surface area contributed by atoms with Gasteiger partial charge in [0.05, 0.1) is 24.4 Å². The molecule has 21 heavy (non-hydrogen) atoms. The molecule has 0 aliphatic rings. The van der Waals surface area contributed by atoms with Crippen LogP contribution in [0.15, 0.2) is 42.5 Å². The molecule has 0 saturated heterocycles. The zero-order valence-electron chi connectivity index (χ0n) is 12.4. The molecule has 0 aliphatic heterocycles. The summed E-state index contributed by atoms with van der Waals surface area (Å²) in [5.74, 6) is 1.53. The number of benzene rings is 2. The van der Waals surface area contributed by atoms with Gasteiger partial charge in [-0.15, -0.1) is 0 Å². The maximum Gasteiger partial charge on any atom is 0.161 e. The summed E-state index contributed by atoms with van der Waals surface area (Å²) in [6, 6.07) is 13.6. The molecule has 0 saturated carbocycles. The summed E-state index contributed by atoms with van der Waals surface area (Å²) in [6.07, 6.45) is 0.971. The van der Waals surface area contributed by atoms with Crippen LogP contribution in [0.4, 0.5) is 5.69 Å². The average Bonchev–Trinajstić information content (AvgIpc) is 2.52. The van der Waals surface area contributed by atoms with E-state index in [4.69, 9.17) is 21.1 Å². The van der Waals surface area contributed by atoms with Gasteiger partial charge in [-0.05, 0) is 36.2 Å². The van der Waals surface area contributed by atoms with Crippen LogP contribution in [0.1, 0.15) is 18.9 Å². The highest BCUT2D eigenvalue weighted by molar-refractivity contribution is 6.33. The van der Waals surface area contributed by atoms with Crippen molar-refractivity contribution in [2.45, 2.75) is 19.9 Å². The van der Waals surface area contributed by atoms with Crippen molar-refractivity contribution in [3.63, 3.8) is 0 Å². The Bertz CT molecular complexity index is 587. The van der Waals surface area contributed by atoms with E-state index in [1.54, 1.807) is 7.11 Å². The van der Waals surface area contributed by atoms with E-state index in [1.165, 1.54) is 0 Å². The number of para-hydroxylation sites is 1. The van der Waals surface area contributed by atoms with Gasteiger partial charge in [0.25, 0.3) is 0 Å². The van der Waals surface area contributed by atoms with E-state index in [1.807, 2.05) is 42.5 Å². The first-order valence-electron chi connectivity index (χ1n) is 7.02. The maximum atomic E-state index is 6.12. The minimum absolute atomic E-state index is 0.675. The van der Waals surface area contributed by atoms with Crippen molar-refractivity contribution in [2.24, 2.45) is 0 Å². The number of rotatable bonds is 7. The number of ether oxygens (including phenoxy) is 2. The van der Waals surface area contributed by atoms with Gasteiger partial charge in [-0.1, -0.05) is 36.7 Å². The third-order valence-corrected chi connectivity index (χ3v) is 3.38. The van der Waals surface area contributed by atoms with Crippen LogP contribution in [0.3, 0.4) is 0 Å². The van der Waals surface area contributed by atoms with Crippen LogP contribution in [0.5, 0.6) is 11.5 Å². The first-order valence-corrected chi connectivity index (χ1v) is 7.40. The van der Waals surface area contributed by atoms with Crippen LogP contribution < -0.4 is 14.8 Å². The summed E-state index contributed by atoms with van der Waals surface area (Å²) in [6.45, 7) is 3.44. The molecule has 0 heterocycles. The third kappa shape index (κ3) is 4.30. The Morgan fingerprint density at radius 1 is 1.10 bits per heavy atom. The minimum atomic E-state index is 0.675. The average molecular weight is 306 g/mol. The van der Waals surface area contributed by atoms with Gasteiger partial charge in [-0.2, -0.15) is 0 Å².